The lowest BCUT2D eigenvalue weighted by atomic mass is 10.4. The highest BCUT2D eigenvalue weighted by Gasteiger charge is 2.02. The van der Waals surface area contributed by atoms with Crippen LogP contribution in [0.3, 0.4) is 0 Å². The topological polar surface area (TPSA) is 43.6 Å². The molecule has 0 aliphatic carbocycles. The van der Waals surface area contributed by atoms with Crippen LogP contribution in [0.5, 0.6) is 0 Å². The van der Waals surface area contributed by atoms with Gasteiger partial charge >= 0.3 is 0 Å². The van der Waals surface area contributed by atoms with Gasteiger partial charge in [-0.05, 0) is 0 Å². The summed E-state index contributed by atoms with van der Waals surface area (Å²) in [6.07, 6.45) is 5.45. The molecule has 0 aliphatic rings. The molecule has 2 rings (SSSR count). The Kier molecular flexibility index (Phi) is 1.53. The van der Waals surface area contributed by atoms with E-state index in [1.807, 2.05) is 18.5 Å². The third-order valence-electron chi connectivity index (χ3n) is 1.76. The van der Waals surface area contributed by atoms with Crippen LogP contribution in [0.15, 0.2) is 6.33 Å². The summed E-state index contributed by atoms with van der Waals surface area (Å²) in [5, 5.41) is 0. The zero-order valence-electron chi connectivity index (χ0n) is 7.07. The maximum absolute atomic E-state index is 4.24. The molecule has 61 valence electrons. The van der Waals surface area contributed by atoms with E-state index in [4.69, 9.17) is 0 Å². The maximum Gasteiger partial charge on any atom is 0.181 e. The minimum atomic E-state index is 0.726. The normalized spacial score (nSPS) is 10.8. The summed E-state index contributed by atoms with van der Waals surface area (Å²) in [5.41, 5.74) is 1.58. The van der Waals surface area contributed by atoms with Crippen molar-refractivity contribution in [3.8, 4) is 0 Å². The minimum Gasteiger partial charge on any atom is -0.331 e. The first-order valence-electron chi connectivity index (χ1n) is 3.87. The van der Waals surface area contributed by atoms with Gasteiger partial charge in [-0.25, -0.2) is 15.0 Å². The first-order valence-corrected chi connectivity index (χ1v) is 3.87. The number of hydrogen-bond acceptors (Lipinski definition) is 3. The van der Waals surface area contributed by atoms with E-state index < -0.39 is 0 Å². The van der Waals surface area contributed by atoms with E-state index >= 15 is 0 Å². The first kappa shape index (κ1) is 7.21. The van der Waals surface area contributed by atoms with Gasteiger partial charge in [0.1, 0.15) is 17.5 Å². The smallest absolute Gasteiger partial charge is 0.181 e. The number of rotatable bonds is 1. The Morgan fingerprint density at radius 2 is 2.42 bits per heavy atom. The lowest BCUT2D eigenvalue weighted by Crippen LogP contribution is -1.94. The molecule has 4 nitrogen and oxygen atoms in total. The molecule has 0 spiro atoms. The molecular weight excluding hydrogens is 152 g/mol. The molecule has 0 aromatic carbocycles. The molecule has 0 aliphatic heterocycles. The predicted octanol–water partition coefficient (Wildman–Crippen LogP) is 0.726. The molecule has 0 bridgehead atoms. The predicted molar refractivity (Wildman–Crippen MR) is 44.5 cm³/mol. The molecule has 4 heteroatoms. The monoisotopic (exact) mass is 161 g/mol. The fraction of sp³-hybridized carbons (Fsp3) is 0.375. The van der Waals surface area contributed by atoms with Crippen LogP contribution in [-0.2, 0) is 13.5 Å². The average molecular weight is 161 g/mol. The number of aryl methyl sites for hydroxylation is 2. The number of hydrogen-bond donors (Lipinski definition) is 0. The highest BCUT2D eigenvalue weighted by Crippen LogP contribution is 2.06. The second-order valence-corrected chi connectivity index (χ2v) is 2.63. The summed E-state index contributed by atoms with van der Waals surface area (Å²) in [6.45, 7) is 2.01. The van der Waals surface area contributed by atoms with E-state index in [2.05, 4.69) is 21.1 Å². The Morgan fingerprint density at radius 1 is 1.58 bits per heavy atom. The van der Waals surface area contributed by atoms with Gasteiger partial charge in [-0.1, -0.05) is 6.92 Å². The largest absolute Gasteiger partial charge is 0.331 e. The molecule has 0 saturated heterocycles. The zero-order valence-corrected chi connectivity index (χ0v) is 7.07. The second-order valence-electron chi connectivity index (χ2n) is 2.63. The molecule has 12 heavy (non-hydrogen) atoms. The summed E-state index contributed by atoms with van der Waals surface area (Å²) in [5.74, 6) is 0.793. The summed E-state index contributed by atoms with van der Waals surface area (Å²) in [7, 11) is 1.90. The van der Waals surface area contributed by atoms with E-state index in [-0.39, 0.29) is 0 Å². The Morgan fingerprint density at radius 3 is 3.17 bits per heavy atom. The van der Waals surface area contributed by atoms with E-state index in [9.17, 15) is 0 Å². The van der Waals surface area contributed by atoms with Gasteiger partial charge in [0.2, 0.25) is 0 Å². The van der Waals surface area contributed by atoms with Crippen LogP contribution in [0.25, 0.3) is 11.2 Å². The SMILES string of the molecule is CCc1n[c]c2c(ncn2C)n1. The Bertz CT molecular complexity index is 404. The molecule has 1 radical (unpaired) electrons. The number of nitrogens with zero attached hydrogens (tertiary/aromatic N) is 4. The van der Waals surface area contributed by atoms with Crippen LogP contribution in [0.2, 0.25) is 0 Å². The summed E-state index contributed by atoms with van der Waals surface area (Å²) < 4.78 is 1.86. The standard InChI is InChI=1S/C8H9N4/c1-3-7-9-4-6-8(11-7)10-5-12(6)2/h5H,3H2,1-2H3. The van der Waals surface area contributed by atoms with Crippen molar-refractivity contribution in [2.45, 2.75) is 13.3 Å². The van der Waals surface area contributed by atoms with Crippen molar-refractivity contribution < 1.29 is 0 Å². The minimum absolute atomic E-state index is 0.726. The van der Waals surface area contributed by atoms with Crippen LogP contribution >= 0.6 is 0 Å². The molecule has 2 heterocycles. The first-order chi connectivity index (χ1) is 5.81. The lowest BCUT2D eigenvalue weighted by molar-refractivity contribution is 0.927. The van der Waals surface area contributed by atoms with Gasteiger partial charge in [-0.2, -0.15) is 0 Å². The van der Waals surface area contributed by atoms with E-state index in [0.717, 1.165) is 23.4 Å². The highest BCUT2D eigenvalue weighted by atomic mass is 15.1. The number of imidazole rings is 1. The average Bonchev–Trinajstić information content (AvgIpc) is 2.47. The van der Waals surface area contributed by atoms with Crippen LogP contribution in [0.1, 0.15) is 12.7 Å². The molecule has 0 amide bonds. The van der Waals surface area contributed by atoms with Crippen molar-refractivity contribution in [2.75, 3.05) is 0 Å². The Hall–Kier alpha value is -1.45. The molecule has 0 atom stereocenters. The van der Waals surface area contributed by atoms with E-state index in [0.29, 0.717) is 0 Å². The molecule has 2 aromatic heterocycles. The van der Waals surface area contributed by atoms with Crippen LogP contribution in [0, 0.1) is 6.20 Å². The third-order valence-corrected chi connectivity index (χ3v) is 1.76. The fourth-order valence-corrected chi connectivity index (χ4v) is 1.05. The number of fused-ring (bicyclic) bond motifs is 1. The number of aromatic nitrogens is 4. The van der Waals surface area contributed by atoms with Crippen molar-refractivity contribution in [1.82, 2.24) is 19.5 Å². The van der Waals surface area contributed by atoms with Gasteiger partial charge in [-0.15, -0.1) is 0 Å². The summed E-state index contributed by atoms with van der Waals surface area (Å²) in [6, 6.07) is 0. The van der Waals surface area contributed by atoms with Crippen molar-refractivity contribution in [2.24, 2.45) is 7.05 Å². The zero-order chi connectivity index (χ0) is 8.55. The highest BCUT2D eigenvalue weighted by molar-refractivity contribution is 5.68. The molecule has 2 aromatic rings. The van der Waals surface area contributed by atoms with Crippen molar-refractivity contribution >= 4 is 11.2 Å². The van der Waals surface area contributed by atoms with Gasteiger partial charge in [0.25, 0.3) is 0 Å². The summed E-state index contributed by atoms with van der Waals surface area (Å²) >= 11 is 0. The maximum atomic E-state index is 4.24. The second kappa shape index (κ2) is 2.55. The summed E-state index contributed by atoms with van der Waals surface area (Å²) in [4.78, 5) is 12.4. The Balaban J connectivity index is 2.69. The van der Waals surface area contributed by atoms with Gasteiger partial charge in [0, 0.05) is 13.5 Å². The van der Waals surface area contributed by atoms with Gasteiger partial charge in [0.15, 0.2) is 5.65 Å². The Labute approximate surface area is 70.3 Å². The van der Waals surface area contributed by atoms with E-state index in [1.165, 1.54) is 0 Å². The van der Waals surface area contributed by atoms with Crippen molar-refractivity contribution in [3.05, 3.63) is 18.3 Å². The van der Waals surface area contributed by atoms with Crippen LogP contribution < -0.4 is 0 Å². The lowest BCUT2D eigenvalue weighted by Gasteiger charge is -1.94. The molecule has 0 N–H and O–H groups in total. The molecule has 0 fully saturated rings. The third kappa shape index (κ3) is 0.958. The van der Waals surface area contributed by atoms with Crippen LogP contribution in [-0.4, -0.2) is 19.5 Å². The van der Waals surface area contributed by atoms with Crippen molar-refractivity contribution in [3.63, 3.8) is 0 Å². The van der Waals surface area contributed by atoms with Crippen molar-refractivity contribution in [1.29, 1.82) is 0 Å². The molecular formula is C8H9N4. The van der Waals surface area contributed by atoms with Crippen LogP contribution in [0.4, 0.5) is 0 Å². The van der Waals surface area contributed by atoms with Gasteiger partial charge in [0.05, 0.1) is 6.33 Å². The van der Waals surface area contributed by atoms with E-state index in [1.54, 1.807) is 6.33 Å². The van der Waals surface area contributed by atoms with Gasteiger partial charge < -0.3 is 4.57 Å². The molecule has 0 unspecified atom stereocenters. The van der Waals surface area contributed by atoms with Gasteiger partial charge in [-0.3, -0.25) is 0 Å². The quantitative estimate of drug-likeness (QED) is 0.619. The fourth-order valence-electron chi connectivity index (χ4n) is 1.05. The molecule has 0 saturated carbocycles.